The van der Waals surface area contributed by atoms with Gasteiger partial charge < -0.3 is 5.32 Å². The number of amides is 1. The van der Waals surface area contributed by atoms with Gasteiger partial charge in [0.1, 0.15) is 0 Å². The number of hydrogen-bond acceptors (Lipinski definition) is 1. The Bertz CT molecular complexity index is 639. The van der Waals surface area contributed by atoms with Gasteiger partial charge in [-0.1, -0.05) is 42.5 Å². The zero-order valence-electron chi connectivity index (χ0n) is 11.3. The quantitative estimate of drug-likeness (QED) is 0.904. The molecule has 3 rings (SSSR count). The van der Waals surface area contributed by atoms with Crippen molar-refractivity contribution in [1.29, 1.82) is 0 Å². The van der Waals surface area contributed by atoms with Crippen LogP contribution in [-0.2, 0) is 0 Å². The maximum absolute atomic E-state index is 12.3. The molecule has 0 aliphatic heterocycles. The Morgan fingerprint density at radius 1 is 1.15 bits per heavy atom. The topological polar surface area (TPSA) is 29.1 Å². The second kappa shape index (κ2) is 5.41. The molecule has 2 aromatic carbocycles. The normalized spacial score (nSPS) is 20.5. The van der Waals surface area contributed by atoms with E-state index in [4.69, 9.17) is 0 Å². The molecular weight excluding hydrogens is 314 g/mol. The predicted octanol–water partition coefficient (Wildman–Crippen LogP) is 4.04. The Kier molecular flexibility index (Phi) is 3.62. The molecular formula is C17H16BrNO. The zero-order chi connectivity index (χ0) is 14.1. The SMILES string of the molecule is Cc1cccc(C(=O)NC2CC2c2ccccc2)c1Br. The summed E-state index contributed by atoms with van der Waals surface area (Å²) >= 11 is 3.49. The van der Waals surface area contributed by atoms with E-state index in [1.54, 1.807) is 0 Å². The number of carbonyl (C=O) groups excluding carboxylic acids is 1. The molecule has 1 N–H and O–H groups in total. The van der Waals surface area contributed by atoms with Gasteiger partial charge in [0.2, 0.25) is 0 Å². The molecule has 0 bridgehead atoms. The van der Waals surface area contributed by atoms with Crippen LogP contribution < -0.4 is 5.32 Å². The van der Waals surface area contributed by atoms with Gasteiger partial charge in [-0.15, -0.1) is 0 Å². The van der Waals surface area contributed by atoms with Crippen molar-refractivity contribution in [1.82, 2.24) is 5.32 Å². The lowest BCUT2D eigenvalue weighted by molar-refractivity contribution is 0.0949. The van der Waals surface area contributed by atoms with E-state index in [1.165, 1.54) is 5.56 Å². The van der Waals surface area contributed by atoms with Crippen molar-refractivity contribution in [3.05, 3.63) is 69.7 Å². The number of carbonyl (C=O) groups is 1. The van der Waals surface area contributed by atoms with Gasteiger partial charge in [0.25, 0.3) is 5.91 Å². The highest BCUT2D eigenvalue weighted by Crippen LogP contribution is 2.40. The van der Waals surface area contributed by atoms with E-state index in [9.17, 15) is 4.79 Å². The number of rotatable bonds is 3. The Labute approximate surface area is 127 Å². The summed E-state index contributed by atoms with van der Waals surface area (Å²) < 4.78 is 0.884. The van der Waals surface area contributed by atoms with Crippen molar-refractivity contribution in [2.45, 2.75) is 25.3 Å². The molecule has 0 heterocycles. The number of benzene rings is 2. The van der Waals surface area contributed by atoms with E-state index in [2.05, 4.69) is 33.4 Å². The van der Waals surface area contributed by atoms with Crippen molar-refractivity contribution in [3.8, 4) is 0 Å². The van der Waals surface area contributed by atoms with E-state index >= 15 is 0 Å². The largest absolute Gasteiger partial charge is 0.349 e. The molecule has 2 aromatic rings. The van der Waals surface area contributed by atoms with Crippen LogP contribution in [0, 0.1) is 6.92 Å². The zero-order valence-corrected chi connectivity index (χ0v) is 12.9. The Hall–Kier alpha value is -1.61. The van der Waals surface area contributed by atoms with E-state index < -0.39 is 0 Å². The average molecular weight is 330 g/mol. The van der Waals surface area contributed by atoms with E-state index in [1.807, 2.05) is 43.3 Å². The molecule has 0 spiro atoms. The molecule has 0 aromatic heterocycles. The average Bonchev–Trinajstić information content (AvgIpc) is 3.22. The van der Waals surface area contributed by atoms with Gasteiger partial charge in [-0.25, -0.2) is 0 Å². The second-order valence-electron chi connectivity index (χ2n) is 5.27. The number of nitrogens with one attached hydrogen (secondary N) is 1. The van der Waals surface area contributed by atoms with Crippen LogP contribution in [0.1, 0.15) is 33.8 Å². The first-order chi connectivity index (χ1) is 9.66. The summed E-state index contributed by atoms with van der Waals surface area (Å²) in [4.78, 5) is 12.3. The smallest absolute Gasteiger partial charge is 0.252 e. The molecule has 1 amide bonds. The minimum atomic E-state index is 0.00371. The number of halogens is 1. The van der Waals surface area contributed by atoms with Crippen LogP contribution in [0.3, 0.4) is 0 Å². The lowest BCUT2D eigenvalue weighted by Gasteiger charge is -2.08. The molecule has 1 fully saturated rings. The number of aryl methyl sites for hydroxylation is 1. The van der Waals surface area contributed by atoms with Gasteiger partial charge in [-0.3, -0.25) is 4.79 Å². The van der Waals surface area contributed by atoms with Gasteiger partial charge in [-0.05, 0) is 46.5 Å². The van der Waals surface area contributed by atoms with Crippen molar-refractivity contribution in [3.63, 3.8) is 0 Å². The fourth-order valence-electron chi connectivity index (χ4n) is 2.49. The summed E-state index contributed by atoms with van der Waals surface area (Å²) in [7, 11) is 0. The van der Waals surface area contributed by atoms with Gasteiger partial charge in [0.05, 0.1) is 5.56 Å². The Morgan fingerprint density at radius 3 is 2.65 bits per heavy atom. The number of hydrogen-bond donors (Lipinski definition) is 1. The van der Waals surface area contributed by atoms with Crippen LogP contribution in [-0.4, -0.2) is 11.9 Å². The Morgan fingerprint density at radius 2 is 1.90 bits per heavy atom. The van der Waals surface area contributed by atoms with Crippen molar-refractivity contribution >= 4 is 21.8 Å². The van der Waals surface area contributed by atoms with Crippen LogP contribution in [0.2, 0.25) is 0 Å². The minimum absolute atomic E-state index is 0.00371. The van der Waals surface area contributed by atoms with Gasteiger partial charge in [-0.2, -0.15) is 0 Å². The minimum Gasteiger partial charge on any atom is -0.349 e. The lowest BCUT2D eigenvalue weighted by atomic mass is 10.1. The Balaban J connectivity index is 1.68. The van der Waals surface area contributed by atoms with Gasteiger partial charge in [0.15, 0.2) is 0 Å². The highest BCUT2D eigenvalue weighted by Gasteiger charge is 2.39. The molecule has 3 heteroatoms. The molecule has 1 aliphatic rings. The summed E-state index contributed by atoms with van der Waals surface area (Å²) in [6.07, 6.45) is 1.03. The van der Waals surface area contributed by atoms with Crippen LogP contribution in [0.25, 0.3) is 0 Å². The predicted molar refractivity (Wildman–Crippen MR) is 83.9 cm³/mol. The van der Waals surface area contributed by atoms with Crippen LogP contribution in [0.5, 0.6) is 0 Å². The summed E-state index contributed by atoms with van der Waals surface area (Å²) in [5.74, 6) is 0.466. The first-order valence-corrected chi connectivity index (χ1v) is 7.57. The fourth-order valence-corrected chi connectivity index (χ4v) is 2.94. The van der Waals surface area contributed by atoms with E-state index in [-0.39, 0.29) is 11.9 Å². The van der Waals surface area contributed by atoms with Crippen LogP contribution >= 0.6 is 15.9 Å². The molecule has 102 valence electrons. The third-order valence-corrected chi connectivity index (χ3v) is 4.82. The molecule has 1 aliphatic carbocycles. The monoisotopic (exact) mass is 329 g/mol. The molecule has 0 radical (unpaired) electrons. The molecule has 2 nitrogen and oxygen atoms in total. The van der Waals surface area contributed by atoms with Crippen LogP contribution in [0.4, 0.5) is 0 Å². The maximum atomic E-state index is 12.3. The maximum Gasteiger partial charge on any atom is 0.252 e. The second-order valence-corrected chi connectivity index (χ2v) is 6.06. The molecule has 2 atom stereocenters. The first-order valence-electron chi connectivity index (χ1n) is 6.77. The molecule has 1 saturated carbocycles. The van der Waals surface area contributed by atoms with Crippen molar-refractivity contribution in [2.75, 3.05) is 0 Å². The first kappa shape index (κ1) is 13.4. The highest BCUT2D eigenvalue weighted by molar-refractivity contribution is 9.10. The summed E-state index contributed by atoms with van der Waals surface area (Å²) in [5.41, 5.74) is 3.10. The summed E-state index contributed by atoms with van der Waals surface area (Å²) in [5, 5.41) is 3.12. The third-order valence-electron chi connectivity index (χ3n) is 3.77. The third kappa shape index (κ3) is 2.63. The van der Waals surface area contributed by atoms with Crippen LogP contribution in [0.15, 0.2) is 53.0 Å². The van der Waals surface area contributed by atoms with E-state index in [0.717, 1.165) is 16.5 Å². The fraction of sp³-hybridized carbons (Fsp3) is 0.235. The summed E-state index contributed by atoms with van der Waals surface area (Å²) in [6.45, 7) is 1.99. The molecule has 20 heavy (non-hydrogen) atoms. The molecule has 2 unspecified atom stereocenters. The highest BCUT2D eigenvalue weighted by atomic mass is 79.9. The lowest BCUT2D eigenvalue weighted by Crippen LogP contribution is -2.27. The summed E-state index contributed by atoms with van der Waals surface area (Å²) in [6, 6.07) is 16.4. The van der Waals surface area contributed by atoms with Gasteiger partial charge >= 0.3 is 0 Å². The van der Waals surface area contributed by atoms with E-state index in [0.29, 0.717) is 11.5 Å². The standard InChI is InChI=1S/C17H16BrNO/c1-11-6-5-9-13(16(11)18)17(20)19-15-10-14(15)12-7-3-2-4-8-12/h2-9,14-15H,10H2,1H3,(H,19,20). The van der Waals surface area contributed by atoms with Crippen molar-refractivity contribution in [2.24, 2.45) is 0 Å². The molecule has 0 saturated heterocycles. The van der Waals surface area contributed by atoms with Gasteiger partial charge in [0, 0.05) is 16.4 Å². The van der Waals surface area contributed by atoms with Crippen molar-refractivity contribution < 1.29 is 4.79 Å².